The summed E-state index contributed by atoms with van der Waals surface area (Å²) in [7, 11) is 0. The molecule has 0 radical (unpaired) electrons. The molecule has 2 aromatic rings. The van der Waals surface area contributed by atoms with Gasteiger partial charge in [-0.3, -0.25) is 4.79 Å². The molecule has 1 amide bonds. The van der Waals surface area contributed by atoms with Gasteiger partial charge < -0.3 is 5.32 Å². The molecule has 0 aliphatic rings. The van der Waals surface area contributed by atoms with E-state index < -0.39 is 0 Å². The van der Waals surface area contributed by atoms with E-state index in [4.69, 9.17) is 0 Å². The summed E-state index contributed by atoms with van der Waals surface area (Å²) >= 11 is 9.99. The summed E-state index contributed by atoms with van der Waals surface area (Å²) in [6, 6.07) is 9.66. The third-order valence-corrected chi connectivity index (χ3v) is 5.63. The van der Waals surface area contributed by atoms with Gasteiger partial charge in [0, 0.05) is 4.90 Å². The molecule has 2 nitrogen and oxygen atoms in total. The van der Waals surface area contributed by atoms with Gasteiger partial charge in [-0.15, -0.1) is 23.1 Å². The van der Waals surface area contributed by atoms with Gasteiger partial charge in [0.25, 0.3) is 5.91 Å². The maximum absolute atomic E-state index is 12.2. The zero-order chi connectivity index (χ0) is 13.8. The second-order valence-corrected chi connectivity index (χ2v) is 8.68. The smallest absolute Gasteiger partial charge is 0.257 e. The van der Waals surface area contributed by atoms with Gasteiger partial charge in [-0.2, -0.15) is 0 Å². The number of para-hydroxylation sites is 1. The fourth-order valence-corrected chi connectivity index (χ4v) is 5.09. The summed E-state index contributed by atoms with van der Waals surface area (Å²) in [5, 5.41) is 2.96. The van der Waals surface area contributed by atoms with Crippen molar-refractivity contribution in [3.63, 3.8) is 0 Å². The van der Waals surface area contributed by atoms with Crippen LogP contribution in [-0.4, -0.2) is 11.7 Å². The number of thioether (sulfide) groups is 1. The predicted molar refractivity (Wildman–Crippen MR) is 90.5 cm³/mol. The fraction of sp³-hybridized carbons (Fsp3) is 0.154. The van der Waals surface area contributed by atoms with E-state index in [9.17, 15) is 4.79 Å². The highest BCUT2D eigenvalue weighted by Gasteiger charge is 2.15. The van der Waals surface area contributed by atoms with Gasteiger partial charge in [0.1, 0.15) is 0 Å². The maximum atomic E-state index is 12.2. The van der Waals surface area contributed by atoms with Gasteiger partial charge in [0.15, 0.2) is 0 Å². The minimum atomic E-state index is -0.0991. The molecule has 0 unspecified atom stereocenters. The standard InChI is InChI=1S/C13H11Br2NOS2/c1-2-18-10-6-4-3-5-9(10)16-13(17)8-7-11(14)19-12(8)15/h3-7H,2H2,1H3,(H,16,17). The predicted octanol–water partition coefficient (Wildman–Crippen LogP) is 5.64. The first-order valence-electron chi connectivity index (χ1n) is 5.59. The first-order chi connectivity index (χ1) is 9.11. The summed E-state index contributed by atoms with van der Waals surface area (Å²) in [6.45, 7) is 2.09. The van der Waals surface area contributed by atoms with E-state index in [1.54, 1.807) is 11.8 Å². The van der Waals surface area contributed by atoms with Crippen LogP contribution in [0.3, 0.4) is 0 Å². The topological polar surface area (TPSA) is 29.1 Å². The van der Waals surface area contributed by atoms with Crippen molar-refractivity contribution in [1.29, 1.82) is 0 Å². The summed E-state index contributed by atoms with van der Waals surface area (Å²) in [5.41, 5.74) is 1.50. The highest BCUT2D eigenvalue weighted by atomic mass is 79.9. The molecule has 0 fully saturated rings. The van der Waals surface area contributed by atoms with Crippen molar-refractivity contribution >= 4 is 66.6 Å². The molecule has 100 valence electrons. The number of hydrogen-bond donors (Lipinski definition) is 1. The third kappa shape index (κ3) is 3.84. The molecular weight excluding hydrogens is 410 g/mol. The first-order valence-corrected chi connectivity index (χ1v) is 8.98. The van der Waals surface area contributed by atoms with Crippen LogP contribution in [0.4, 0.5) is 5.69 Å². The number of amides is 1. The highest BCUT2D eigenvalue weighted by Crippen LogP contribution is 2.33. The van der Waals surface area contributed by atoms with Crippen LogP contribution in [0, 0.1) is 0 Å². The largest absolute Gasteiger partial charge is 0.321 e. The zero-order valence-corrected chi connectivity index (χ0v) is 14.9. The molecule has 0 aliphatic carbocycles. The van der Waals surface area contributed by atoms with E-state index in [0.29, 0.717) is 5.56 Å². The van der Waals surface area contributed by atoms with Crippen molar-refractivity contribution in [2.45, 2.75) is 11.8 Å². The van der Waals surface area contributed by atoms with Gasteiger partial charge >= 0.3 is 0 Å². The van der Waals surface area contributed by atoms with E-state index in [0.717, 1.165) is 23.9 Å². The number of hydrogen-bond acceptors (Lipinski definition) is 3. The van der Waals surface area contributed by atoms with E-state index >= 15 is 0 Å². The van der Waals surface area contributed by atoms with Crippen LogP contribution in [0.1, 0.15) is 17.3 Å². The Kier molecular flexibility index (Phi) is 5.50. The molecule has 0 bridgehead atoms. The van der Waals surface area contributed by atoms with Crippen LogP contribution in [0.5, 0.6) is 0 Å². The summed E-state index contributed by atoms with van der Waals surface area (Å²) in [6.07, 6.45) is 0. The Labute approximate surface area is 137 Å². The molecular formula is C13H11Br2NOS2. The van der Waals surface area contributed by atoms with Crippen molar-refractivity contribution in [2.24, 2.45) is 0 Å². The summed E-state index contributed by atoms with van der Waals surface area (Å²) in [5.74, 6) is 0.874. The number of carbonyl (C=O) groups excluding carboxylic acids is 1. The van der Waals surface area contributed by atoms with Crippen molar-refractivity contribution in [2.75, 3.05) is 11.1 Å². The molecule has 1 aromatic carbocycles. The van der Waals surface area contributed by atoms with Crippen LogP contribution in [0.25, 0.3) is 0 Å². The van der Waals surface area contributed by atoms with E-state index in [1.807, 2.05) is 30.3 Å². The Balaban J connectivity index is 2.21. The number of rotatable bonds is 4. The van der Waals surface area contributed by atoms with Crippen molar-refractivity contribution in [3.05, 3.63) is 43.5 Å². The quantitative estimate of drug-likeness (QED) is 0.648. The Morgan fingerprint density at radius 2 is 2.11 bits per heavy atom. The van der Waals surface area contributed by atoms with Gasteiger partial charge in [0.05, 0.1) is 18.8 Å². The van der Waals surface area contributed by atoms with E-state index in [1.165, 1.54) is 11.3 Å². The second kappa shape index (κ2) is 6.92. The zero-order valence-electron chi connectivity index (χ0n) is 10.1. The fourth-order valence-electron chi connectivity index (χ4n) is 1.54. The van der Waals surface area contributed by atoms with Crippen LogP contribution in [0.2, 0.25) is 0 Å². The molecule has 6 heteroatoms. The molecule has 0 aliphatic heterocycles. The first kappa shape index (κ1) is 15.1. The Hall–Kier alpha value is -0.300. The van der Waals surface area contributed by atoms with E-state index in [-0.39, 0.29) is 5.91 Å². The number of carbonyl (C=O) groups is 1. The van der Waals surface area contributed by atoms with Gasteiger partial charge in [-0.05, 0) is 55.8 Å². The van der Waals surface area contributed by atoms with Crippen LogP contribution in [0.15, 0.2) is 42.8 Å². The van der Waals surface area contributed by atoms with Crippen LogP contribution >= 0.6 is 55.0 Å². The summed E-state index contributed by atoms with van der Waals surface area (Å²) < 4.78 is 1.76. The molecule has 1 N–H and O–H groups in total. The average molecular weight is 421 g/mol. The van der Waals surface area contributed by atoms with Crippen molar-refractivity contribution in [3.8, 4) is 0 Å². The minimum absolute atomic E-state index is 0.0991. The molecule has 0 spiro atoms. The normalized spacial score (nSPS) is 10.5. The van der Waals surface area contributed by atoms with Gasteiger partial charge in [-0.25, -0.2) is 0 Å². The van der Waals surface area contributed by atoms with Crippen LogP contribution in [-0.2, 0) is 0 Å². The summed E-state index contributed by atoms with van der Waals surface area (Å²) in [4.78, 5) is 13.3. The van der Waals surface area contributed by atoms with Crippen molar-refractivity contribution < 1.29 is 4.79 Å². The molecule has 0 atom stereocenters. The minimum Gasteiger partial charge on any atom is -0.321 e. The number of nitrogens with one attached hydrogen (secondary N) is 1. The number of halogens is 2. The number of anilines is 1. The highest BCUT2D eigenvalue weighted by molar-refractivity contribution is 9.12. The van der Waals surface area contributed by atoms with Crippen LogP contribution < -0.4 is 5.32 Å². The van der Waals surface area contributed by atoms with Gasteiger partial charge in [0.2, 0.25) is 0 Å². The lowest BCUT2D eigenvalue weighted by Crippen LogP contribution is -2.12. The molecule has 1 aromatic heterocycles. The van der Waals surface area contributed by atoms with E-state index in [2.05, 4.69) is 44.1 Å². The Morgan fingerprint density at radius 1 is 1.37 bits per heavy atom. The lowest BCUT2D eigenvalue weighted by Gasteiger charge is -2.09. The Bertz CT molecular complexity index is 598. The lowest BCUT2D eigenvalue weighted by atomic mass is 10.3. The lowest BCUT2D eigenvalue weighted by molar-refractivity contribution is 0.102. The van der Waals surface area contributed by atoms with Crippen molar-refractivity contribution in [1.82, 2.24) is 0 Å². The number of thiophene rings is 1. The molecule has 0 saturated carbocycles. The molecule has 0 saturated heterocycles. The molecule has 2 rings (SSSR count). The average Bonchev–Trinajstić information content (AvgIpc) is 2.71. The maximum Gasteiger partial charge on any atom is 0.257 e. The number of benzene rings is 1. The molecule has 19 heavy (non-hydrogen) atoms. The third-order valence-electron chi connectivity index (χ3n) is 2.34. The SMILES string of the molecule is CCSc1ccccc1NC(=O)c1cc(Br)sc1Br. The van der Waals surface area contributed by atoms with Gasteiger partial charge in [-0.1, -0.05) is 19.1 Å². The monoisotopic (exact) mass is 419 g/mol. The molecule has 1 heterocycles. The Morgan fingerprint density at radius 3 is 2.74 bits per heavy atom. The second-order valence-electron chi connectivity index (χ2n) is 3.62.